The molecule has 0 bridgehead atoms. The fourth-order valence-corrected chi connectivity index (χ4v) is 2.09. The van der Waals surface area contributed by atoms with Crippen LogP contribution in [0.1, 0.15) is 26.3 Å². The molecule has 0 saturated carbocycles. The van der Waals surface area contributed by atoms with Gasteiger partial charge in [0.25, 0.3) is 15.6 Å². The predicted octanol–water partition coefficient (Wildman–Crippen LogP) is 1.70. The van der Waals surface area contributed by atoms with Crippen LogP contribution in [-0.2, 0) is 17.1 Å². The van der Waals surface area contributed by atoms with Crippen LogP contribution in [0.25, 0.3) is 0 Å². The van der Waals surface area contributed by atoms with Gasteiger partial charge in [-0.15, -0.1) is 0 Å². The van der Waals surface area contributed by atoms with Crippen molar-refractivity contribution in [3.8, 4) is 0 Å². The Balaban J connectivity index is 3.22. The molecule has 0 aliphatic heterocycles. The zero-order valence-corrected chi connectivity index (χ0v) is 13.0. The van der Waals surface area contributed by atoms with Crippen LogP contribution < -0.4 is 5.56 Å². The van der Waals surface area contributed by atoms with Crippen LogP contribution >= 0.6 is 15.9 Å². The zero-order valence-electron chi connectivity index (χ0n) is 10.6. The topological polar surface area (TPSA) is 68.5 Å². The first-order valence-electron chi connectivity index (χ1n) is 5.21. The number of sulfonamides is 1. The highest BCUT2D eigenvalue weighted by atomic mass is 79.9. The highest BCUT2D eigenvalue weighted by molar-refractivity contribution is 9.10. The lowest BCUT2D eigenvalue weighted by molar-refractivity contribution is 0.562. The lowest BCUT2D eigenvalue weighted by Gasteiger charge is -2.14. The molecule has 0 aliphatic rings. The summed E-state index contributed by atoms with van der Waals surface area (Å²) < 4.78 is 28.2. The molecule has 0 fully saturated rings. The summed E-state index contributed by atoms with van der Waals surface area (Å²) in [6, 6.07) is 1.33. The third kappa shape index (κ3) is 3.29. The van der Waals surface area contributed by atoms with Crippen molar-refractivity contribution in [2.75, 3.05) is 0 Å². The normalized spacial score (nSPS) is 13.2. The second kappa shape index (κ2) is 4.97. The van der Waals surface area contributed by atoms with Crippen molar-refractivity contribution in [2.24, 2.45) is 11.4 Å². The summed E-state index contributed by atoms with van der Waals surface area (Å²) in [5.41, 5.74) is 0.207. The molecule has 0 spiro atoms. The Labute approximate surface area is 115 Å². The standard InChI is InChI=1S/C11H15BrN2O3S/c1-11(2,3)18(16,17)13-6-8-5-10(15)14(4)7-9(8)12/h5-7H,1-4H3/b13-6+. The van der Waals surface area contributed by atoms with E-state index in [4.69, 9.17) is 0 Å². The highest BCUT2D eigenvalue weighted by Gasteiger charge is 2.27. The number of nitrogens with zero attached hydrogens (tertiary/aromatic N) is 2. The molecule has 5 nitrogen and oxygen atoms in total. The van der Waals surface area contributed by atoms with E-state index in [9.17, 15) is 13.2 Å². The zero-order chi connectivity index (χ0) is 14.1. The molecular formula is C11H15BrN2O3S. The number of pyridine rings is 1. The molecule has 0 radical (unpaired) electrons. The van der Waals surface area contributed by atoms with Gasteiger partial charge in [-0.2, -0.15) is 4.40 Å². The van der Waals surface area contributed by atoms with Gasteiger partial charge in [0, 0.05) is 35.6 Å². The fraction of sp³-hybridized carbons (Fsp3) is 0.455. The second-order valence-electron chi connectivity index (χ2n) is 4.85. The first-order valence-corrected chi connectivity index (χ1v) is 7.44. The minimum absolute atomic E-state index is 0.229. The molecule has 100 valence electrons. The Hall–Kier alpha value is -0.950. The number of halogens is 1. The predicted molar refractivity (Wildman–Crippen MR) is 75.6 cm³/mol. The molecule has 18 heavy (non-hydrogen) atoms. The van der Waals surface area contributed by atoms with Gasteiger partial charge in [-0.05, 0) is 36.7 Å². The van der Waals surface area contributed by atoms with E-state index in [0.717, 1.165) is 0 Å². The number of aromatic nitrogens is 1. The Bertz CT molecular complexity index is 639. The summed E-state index contributed by atoms with van der Waals surface area (Å²) >= 11 is 3.25. The third-order valence-corrected chi connectivity index (χ3v) is 4.91. The molecule has 0 aromatic carbocycles. The molecule has 0 unspecified atom stereocenters. The maximum Gasteiger partial charge on any atom is 0.258 e. The molecular weight excluding hydrogens is 320 g/mol. The van der Waals surface area contributed by atoms with Crippen molar-refractivity contribution in [1.82, 2.24) is 4.57 Å². The van der Waals surface area contributed by atoms with Crippen LogP contribution in [0.5, 0.6) is 0 Å². The van der Waals surface area contributed by atoms with E-state index in [0.29, 0.717) is 10.0 Å². The average molecular weight is 335 g/mol. The molecule has 1 aromatic rings. The van der Waals surface area contributed by atoms with Gasteiger partial charge in [0.1, 0.15) is 0 Å². The van der Waals surface area contributed by atoms with Gasteiger partial charge < -0.3 is 4.57 Å². The maximum absolute atomic E-state index is 11.8. The second-order valence-corrected chi connectivity index (χ2v) is 8.09. The number of hydrogen-bond donors (Lipinski definition) is 0. The van der Waals surface area contributed by atoms with E-state index in [1.807, 2.05) is 0 Å². The van der Waals surface area contributed by atoms with Gasteiger partial charge in [-0.3, -0.25) is 4.79 Å². The maximum atomic E-state index is 11.8. The number of aryl methyl sites for hydroxylation is 1. The highest BCUT2D eigenvalue weighted by Crippen LogP contribution is 2.18. The van der Waals surface area contributed by atoms with Crippen LogP contribution in [0.4, 0.5) is 0 Å². The van der Waals surface area contributed by atoms with E-state index in [-0.39, 0.29) is 5.56 Å². The fourth-order valence-electron chi connectivity index (χ4n) is 0.995. The van der Waals surface area contributed by atoms with Gasteiger partial charge in [-0.1, -0.05) is 0 Å². The first-order chi connectivity index (χ1) is 8.04. The van der Waals surface area contributed by atoms with Crippen LogP contribution in [0.3, 0.4) is 0 Å². The van der Waals surface area contributed by atoms with Gasteiger partial charge in [0.2, 0.25) is 0 Å². The summed E-state index contributed by atoms with van der Waals surface area (Å²) in [4.78, 5) is 11.4. The average Bonchev–Trinajstić information content (AvgIpc) is 2.20. The summed E-state index contributed by atoms with van der Waals surface area (Å²) in [6.07, 6.45) is 2.75. The largest absolute Gasteiger partial charge is 0.317 e. The molecule has 0 N–H and O–H groups in total. The molecule has 0 aliphatic carbocycles. The first kappa shape index (κ1) is 15.1. The molecule has 1 rings (SSSR count). The minimum atomic E-state index is -3.60. The summed E-state index contributed by atoms with van der Waals surface area (Å²) in [6.45, 7) is 4.70. The molecule has 1 aromatic heterocycles. The Morgan fingerprint density at radius 3 is 2.44 bits per heavy atom. The van der Waals surface area contributed by atoms with Gasteiger partial charge >= 0.3 is 0 Å². The van der Waals surface area contributed by atoms with Gasteiger partial charge in [0.05, 0.1) is 4.75 Å². The Morgan fingerprint density at radius 1 is 1.39 bits per heavy atom. The van der Waals surface area contributed by atoms with Crippen molar-refractivity contribution in [3.05, 3.63) is 32.7 Å². The Morgan fingerprint density at radius 2 is 1.94 bits per heavy atom. The van der Waals surface area contributed by atoms with Gasteiger partial charge in [0.15, 0.2) is 0 Å². The van der Waals surface area contributed by atoms with E-state index < -0.39 is 14.8 Å². The monoisotopic (exact) mass is 334 g/mol. The summed E-state index contributed by atoms with van der Waals surface area (Å²) in [5.74, 6) is 0. The van der Waals surface area contributed by atoms with E-state index in [1.54, 1.807) is 34.0 Å². The van der Waals surface area contributed by atoms with Crippen molar-refractivity contribution in [2.45, 2.75) is 25.5 Å². The Kier molecular flexibility index (Phi) is 4.17. The molecule has 0 saturated heterocycles. The smallest absolute Gasteiger partial charge is 0.258 e. The van der Waals surface area contributed by atoms with E-state index >= 15 is 0 Å². The van der Waals surface area contributed by atoms with Crippen LogP contribution in [-0.4, -0.2) is 23.9 Å². The van der Waals surface area contributed by atoms with Crippen LogP contribution in [0.15, 0.2) is 25.9 Å². The number of hydrogen-bond acceptors (Lipinski definition) is 3. The third-order valence-electron chi connectivity index (χ3n) is 2.31. The van der Waals surface area contributed by atoms with Crippen molar-refractivity contribution < 1.29 is 8.42 Å². The quantitative estimate of drug-likeness (QED) is 0.773. The molecule has 0 amide bonds. The van der Waals surface area contributed by atoms with Crippen molar-refractivity contribution in [3.63, 3.8) is 0 Å². The minimum Gasteiger partial charge on any atom is -0.317 e. The van der Waals surface area contributed by atoms with E-state index in [2.05, 4.69) is 20.3 Å². The number of rotatable bonds is 2. The molecule has 1 heterocycles. The van der Waals surface area contributed by atoms with Crippen LogP contribution in [0.2, 0.25) is 0 Å². The lowest BCUT2D eigenvalue weighted by atomic mass is 10.3. The summed E-state index contributed by atoms with van der Waals surface area (Å²) in [7, 11) is -1.98. The van der Waals surface area contributed by atoms with Crippen molar-refractivity contribution in [1.29, 1.82) is 0 Å². The summed E-state index contributed by atoms with van der Waals surface area (Å²) in [5, 5.41) is 0. The SMILES string of the molecule is Cn1cc(Br)c(/C=N/S(=O)(=O)C(C)(C)C)cc1=O. The van der Waals surface area contributed by atoms with Crippen molar-refractivity contribution >= 4 is 32.2 Å². The van der Waals surface area contributed by atoms with Crippen LogP contribution in [0, 0.1) is 0 Å². The lowest BCUT2D eigenvalue weighted by Crippen LogP contribution is -2.26. The van der Waals surface area contributed by atoms with E-state index in [1.165, 1.54) is 16.8 Å². The molecule has 7 heteroatoms. The van der Waals surface area contributed by atoms with Gasteiger partial charge in [-0.25, -0.2) is 8.42 Å². The molecule has 0 atom stereocenters.